The van der Waals surface area contributed by atoms with Crippen LogP contribution in [-0.2, 0) is 32.8 Å². The molecule has 0 aromatic heterocycles. The SMILES string of the molecule is N.O=S(=O)(O)O.[Nb]. The summed E-state index contributed by atoms with van der Waals surface area (Å²) in [4.78, 5) is 0. The van der Waals surface area contributed by atoms with Crippen LogP contribution in [0.1, 0.15) is 0 Å². The summed E-state index contributed by atoms with van der Waals surface area (Å²) >= 11 is 0. The first kappa shape index (κ1) is 15.6. The van der Waals surface area contributed by atoms with Gasteiger partial charge in [-0.05, 0) is 0 Å². The summed E-state index contributed by atoms with van der Waals surface area (Å²) in [5.74, 6) is 0. The van der Waals surface area contributed by atoms with E-state index in [9.17, 15) is 0 Å². The third-order valence-electron chi connectivity index (χ3n) is 0. The molecule has 0 aromatic rings. The molecule has 5 N–H and O–H groups in total. The molecular weight excluding hydrogens is 203 g/mol. The number of hydrogen-bond acceptors (Lipinski definition) is 3. The van der Waals surface area contributed by atoms with Crippen molar-refractivity contribution in [1.82, 2.24) is 6.15 Å². The zero-order valence-corrected chi connectivity index (χ0v) is 6.29. The molecule has 0 heterocycles. The fraction of sp³-hybridized carbons (Fsp3) is 0. The van der Waals surface area contributed by atoms with Gasteiger partial charge in [-0.2, -0.15) is 8.42 Å². The van der Waals surface area contributed by atoms with Crippen molar-refractivity contribution in [3.63, 3.8) is 0 Å². The first-order valence-electron chi connectivity index (χ1n) is 0.698. The Morgan fingerprint density at radius 1 is 1.14 bits per heavy atom. The maximum atomic E-state index is 8.74. The average molecular weight is 208 g/mol. The van der Waals surface area contributed by atoms with Gasteiger partial charge in [-0.15, -0.1) is 0 Å². The zero-order chi connectivity index (χ0) is 4.50. The van der Waals surface area contributed by atoms with Gasteiger partial charge in [0, 0.05) is 22.4 Å². The second-order valence-electron chi connectivity index (χ2n) is 0.448. The van der Waals surface area contributed by atoms with Crippen LogP contribution < -0.4 is 6.15 Å². The van der Waals surface area contributed by atoms with Gasteiger partial charge >= 0.3 is 10.4 Å². The molecule has 5 nitrogen and oxygen atoms in total. The fourth-order valence-electron chi connectivity index (χ4n) is 0. The standard InChI is InChI=1S/H3N.Nb.H2O4S/c;;1-5(2,3)4/h1H3;;(H2,1,2,3,4). The van der Waals surface area contributed by atoms with E-state index in [0.29, 0.717) is 0 Å². The molecule has 45 valence electrons. The Kier molecular flexibility index (Phi) is 10.6. The third-order valence-corrected chi connectivity index (χ3v) is 0. The van der Waals surface area contributed by atoms with E-state index in [0.717, 1.165) is 0 Å². The second-order valence-corrected chi connectivity index (χ2v) is 1.34. The average Bonchev–Trinajstić information content (AvgIpc) is 0.722. The van der Waals surface area contributed by atoms with E-state index in [1.54, 1.807) is 0 Å². The van der Waals surface area contributed by atoms with Gasteiger partial charge < -0.3 is 6.15 Å². The molecule has 0 unspecified atom stereocenters. The molecule has 0 fully saturated rings. The van der Waals surface area contributed by atoms with E-state index in [2.05, 4.69) is 0 Å². The van der Waals surface area contributed by atoms with Crippen LogP contribution in [0.25, 0.3) is 0 Å². The van der Waals surface area contributed by atoms with E-state index in [1.165, 1.54) is 0 Å². The molecule has 0 saturated heterocycles. The van der Waals surface area contributed by atoms with Crippen LogP contribution in [0, 0.1) is 0 Å². The van der Waals surface area contributed by atoms with Crippen molar-refractivity contribution < 1.29 is 39.9 Å². The smallest absolute Gasteiger partial charge is 0.344 e. The van der Waals surface area contributed by atoms with Crippen LogP contribution in [0.3, 0.4) is 0 Å². The van der Waals surface area contributed by atoms with Gasteiger partial charge in [-0.1, -0.05) is 0 Å². The van der Waals surface area contributed by atoms with E-state index in [-0.39, 0.29) is 28.5 Å². The Bertz CT molecular complexity index is 94.9. The minimum Gasteiger partial charge on any atom is -0.344 e. The predicted octanol–water partition coefficient (Wildman–Crippen LogP) is -0.493. The molecule has 0 aliphatic carbocycles. The van der Waals surface area contributed by atoms with Gasteiger partial charge in [0.15, 0.2) is 0 Å². The van der Waals surface area contributed by atoms with E-state index in [1.807, 2.05) is 0 Å². The van der Waals surface area contributed by atoms with Crippen molar-refractivity contribution in [3.8, 4) is 0 Å². The Hall–Kier alpha value is 0.570. The van der Waals surface area contributed by atoms with Crippen LogP contribution in [-0.4, -0.2) is 17.5 Å². The second kappa shape index (κ2) is 4.72. The molecular formula is H5NNbO4S. The van der Waals surface area contributed by atoms with Gasteiger partial charge in [0.05, 0.1) is 0 Å². The minimum absolute atomic E-state index is 0. The molecule has 0 aliphatic heterocycles. The van der Waals surface area contributed by atoms with Crippen molar-refractivity contribution in [2.75, 3.05) is 0 Å². The quantitative estimate of drug-likeness (QED) is 0.367. The largest absolute Gasteiger partial charge is 0.394 e. The van der Waals surface area contributed by atoms with E-state index < -0.39 is 10.4 Å². The summed E-state index contributed by atoms with van der Waals surface area (Å²) in [7, 11) is -4.67. The summed E-state index contributed by atoms with van der Waals surface area (Å²) in [5, 5.41) is 0. The summed E-state index contributed by atoms with van der Waals surface area (Å²) in [6, 6.07) is 0. The molecule has 0 amide bonds. The zero-order valence-electron chi connectivity index (χ0n) is 3.27. The van der Waals surface area contributed by atoms with Crippen LogP contribution in [0.5, 0.6) is 0 Å². The Morgan fingerprint density at radius 3 is 1.14 bits per heavy atom. The normalized spacial score (nSPS) is 8.29. The van der Waals surface area contributed by atoms with Crippen molar-refractivity contribution in [2.24, 2.45) is 0 Å². The maximum Gasteiger partial charge on any atom is 0.394 e. The van der Waals surface area contributed by atoms with Gasteiger partial charge in [-0.25, -0.2) is 0 Å². The molecule has 7 heteroatoms. The molecule has 0 bridgehead atoms. The number of hydrogen-bond donors (Lipinski definition) is 3. The first-order valence-corrected chi connectivity index (χ1v) is 2.10. The fourth-order valence-corrected chi connectivity index (χ4v) is 0. The molecule has 0 saturated carbocycles. The van der Waals surface area contributed by atoms with Crippen LogP contribution in [0.4, 0.5) is 0 Å². The first-order chi connectivity index (χ1) is 2.00. The van der Waals surface area contributed by atoms with Crippen LogP contribution >= 0.6 is 0 Å². The van der Waals surface area contributed by atoms with Gasteiger partial charge in [0.25, 0.3) is 0 Å². The minimum atomic E-state index is -4.67. The van der Waals surface area contributed by atoms with Gasteiger partial charge in [0.1, 0.15) is 0 Å². The Morgan fingerprint density at radius 2 is 1.14 bits per heavy atom. The van der Waals surface area contributed by atoms with Crippen molar-refractivity contribution >= 4 is 10.4 Å². The van der Waals surface area contributed by atoms with Crippen molar-refractivity contribution in [2.45, 2.75) is 0 Å². The summed E-state index contributed by atoms with van der Waals surface area (Å²) < 4.78 is 31.6. The molecule has 0 spiro atoms. The Balaban J connectivity index is -0.0000000800. The third kappa shape index (κ3) is 422. The van der Waals surface area contributed by atoms with Crippen LogP contribution in [0.15, 0.2) is 0 Å². The molecule has 7 heavy (non-hydrogen) atoms. The maximum absolute atomic E-state index is 8.74. The molecule has 0 atom stereocenters. The van der Waals surface area contributed by atoms with E-state index in [4.69, 9.17) is 17.5 Å². The van der Waals surface area contributed by atoms with Gasteiger partial charge in [-0.3, -0.25) is 9.11 Å². The van der Waals surface area contributed by atoms with E-state index >= 15 is 0 Å². The monoisotopic (exact) mass is 208 g/mol. The summed E-state index contributed by atoms with van der Waals surface area (Å²) in [6.07, 6.45) is 0. The molecule has 0 aromatic carbocycles. The molecule has 0 aliphatic rings. The summed E-state index contributed by atoms with van der Waals surface area (Å²) in [6.45, 7) is 0. The van der Waals surface area contributed by atoms with Crippen molar-refractivity contribution in [1.29, 1.82) is 0 Å². The molecule has 1 radical (unpaired) electrons. The Labute approximate surface area is 56.8 Å². The predicted molar refractivity (Wildman–Crippen MR) is 19.2 cm³/mol. The molecule has 0 rings (SSSR count). The van der Waals surface area contributed by atoms with Gasteiger partial charge in [0.2, 0.25) is 0 Å². The van der Waals surface area contributed by atoms with Crippen molar-refractivity contribution in [3.05, 3.63) is 0 Å². The number of rotatable bonds is 0. The topological polar surface area (TPSA) is 110 Å². The van der Waals surface area contributed by atoms with Crippen LogP contribution in [0.2, 0.25) is 0 Å². The summed E-state index contributed by atoms with van der Waals surface area (Å²) in [5.41, 5.74) is 0.